The highest BCUT2D eigenvalue weighted by atomic mass is 16.5. The van der Waals surface area contributed by atoms with E-state index in [0.717, 1.165) is 5.69 Å². The van der Waals surface area contributed by atoms with E-state index in [2.05, 4.69) is 5.32 Å². The number of amides is 2. The number of likely N-dealkylation sites (N-methyl/N-ethyl adjacent to an activating group) is 1. The van der Waals surface area contributed by atoms with E-state index in [4.69, 9.17) is 4.74 Å². The normalized spacial score (nSPS) is 18.0. The highest BCUT2D eigenvalue weighted by Gasteiger charge is 2.33. The zero-order valence-corrected chi connectivity index (χ0v) is 11.3. The average Bonchev–Trinajstić information content (AvgIpc) is 2.34. The highest BCUT2D eigenvalue weighted by molar-refractivity contribution is 6.01. The van der Waals surface area contributed by atoms with Gasteiger partial charge < -0.3 is 15.0 Å². The molecule has 0 spiro atoms. The summed E-state index contributed by atoms with van der Waals surface area (Å²) in [6.45, 7) is 3.76. The van der Waals surface area contributed by atoms with Crippen molar-refractivity contribution in [2.24, 2.45) is 0 Å². The number of hydrogen-bond acceptors (Lipinski definition) is 3. The lowest BCUT2D eigenvalue weighted by Gasteiger charge is -2.31. The van der Waals surface area contributed by atoms with Crippen LogP contribution >= 0.6 is 0 Å². The molecular formula is C14H18N2O3. The predicted molar refractivity (Wildman–Crippen MR) is 72.2 cm³/mol. The number of ether oxygens (including phenoxy) is 1. The van der Waals surface area contributed by atoms with Gasteiger partial charge in [0.1, 0.15) is 5.75 Å². The number of hydrogen-bond donors (Lipinski definition) is 1. The first kappa shape index (κ1) is 13.4. The van der Waals surface area contributed by atoms with Crippen LogP contribution < -0.4 is 15.0 Å². The van der Waals surface area contributed by atoms with Crippen LogP contribution in [0, 0.1) is 0 Å². The number of nitrogens with zero attached hydrogens (tertiary/aromatic N) is 1. The van der Waals surface area contributed by atoms with Crippen molar-refractivity contribution in [3.05, 3.63) is 24.3 Å². The van der Waals surface area contributed by atoms with Gasteiger partial charge in [0.05, 0.1) is 12.1 Å². The van der Waals surface area contributed by atoms with Crippen LogP contribution in [0.25, 0.3) is 0 Å². The fourth-order valence-electron chi connectivity index (χ4n) is 2.05. The maximum Gasteiger partial charge on any atom is 0.268 e. The quantitative estimate of drug-likeness (QED) is 0.894. The predicted octanol–water partition coefficient (Wildman–Crippen LogP) is 1.33. The van der Waals surface area contributed by atoms with Gasteiger partial charge >= 0.3 is 0 Å². The smallest absolute Gasteiger partial charge is 0.268 e. The number of benzene rings is 1. The third kappa shape index (κ3) is 2.86. The third-order valence-electron chi connectivity index (χ3n) is 2.92. The zero-order chi connectivity index (χ0) is 14.0. The average molecular weight is 262 g/mol. The van der Waals surface area contributed by atoms with Gasteiger partial charge in [0, 0.05) is 13.1 Å². The summed E-state index contributed by atoms with van der Waals surface area (Å²) < 4.78 is 5.61. The molecule has 0 bridgehead atoms. The van der Waals surface area contributed by atoms with Crippen molar-refractivity contribution in [3.63, 3.8) is 0 Å². The Kier molecular flexibility index (Phi) is 3.74. The molecule has 1 N–H and O–H groups in total. The summed E-state index contributed by atoms with van der Waals surface area (Å²) in [5.74, 6) is 0.255. The maximum absolute atomic E-state index is 12.1. The van der Waals surface area contributed by atoms with Gasteiger partial charge in [-0.05, 0) is 26.0 Å². The van der Waals surface area contributed by atoms with Gasteiger partial charge in [-0.1, -0.05) is 12.1 Å². The van der Waals surface area contributed by atoms with Gasteiger partial charge in [-0.25, -0.2) is 0 Å². The van der Waals surface area contributed by atoms with E-state index in [1.54, 1.807) is 13.1 Å². The Morgan fingerprint density at radius 1 is 1.42 bits per heavy atom. The number of para-hydroxylation sites is 2. The van der Waals surface area contributed by atoms with Crippen molar-refractivity contribution in [1.82, 2.24) is 5.32 Å². The molecule has 0 aliphatic carbocycles. The van der Waals surface area contributed by atoms with E-state index in [1.165, 1.54) is 4.90 Å². The molecule has 1 unspecified atom stereocenters. The van der Waals surface area contributed by atoms with Gasteiger partial charge in [0.15, 0.2) is 6.10 Å². The topological polar surface area (TPSA) is 58.6 Å². The summed E-state index contributed by atoms with van der Waals surface area (Å²) in [7, 11) is 1.69. The molecule has 0 saturated heterocycles. The molecule has 0 saturated carbocycles. The van der Waals surface area contributed by atoms with Crippen molar-refractivity contribution < 1.29 is 14.3 Å². The standard InChI is InChI=1S/C14H18N2O3/c1-9(2)15-13(17)8-12-14(18)16(3)10-6-4-5-7-11(10)19-12/h4-7,9,12H,8H2,1-3H3,(H,15,17). The molecule has 2 amide bonds. The monoisotopic (exact) mass is 262 g/mol. The molecule has 19 heavy (non-hydrogen) atoms. The highest BCUT2D eigenvalue weighted by Crippen LogP contribution is 2.33. The van der Waals surface area contributed by atoms with Crippen molar-refractivity contribution in [2.45, 2.75) is 32.4 Å². The Hall–Kier alpha value is -2.04. The van der Waals surface area contributed by atoms with E-state index in [-0.39, 0.29) is 24.3 Å². The SMILES string of the molecule is CC(C)NC(=O)CC1Oc2ccccc2N(C)C1=O. The number of carbonyl (C=O) groups is 2. The minimum absolute atomic E-state index is 0.0374. The minimum Gasteiger partial charge on any atom is -0.478 e. The zero-order valence-electron chi connectivity index (χ0n) is 11.3. The Bertz CT molecular complexity index is 499. The molecule has 0 fully saturated rings. The largest absolute Gasteiger partial charge is 0.478 e. The van der Waals surface area contributed by atoms with Crippen LogP contribution in [0.1, 0.15) is 20.3 Å². The summed E-state index contributed by atoms with van der Waals surface area (Å²) in [4.78, 5) is 25.4. The van der Waals surface area contributed by atoms with Crippen molar-refractivity contribution in [3.8, 4) is 5.75 Å². The van der Waals surface area contributed by atoms with Crippen LogP contribution in [-0.2, 0) is 9.59 Å². The van der Waals surface area contributed by atoms with Crippen LogP contribution in [0.3, 0.4) is 0 Å². The number of anilines is 1. The second-order valence-electron chi connectivity index (χ2n) is 4.90. The first-order valence-corrected chi connectivity index (χ1v) is 6.31. The van der Waals surface area contributed by atoms with Crippen molar-refractivity contribution in [1.29, 1.82) is 0 Å². The van der Waals surface area contributed by atoms with E-state index in [1.807, 2.05) is 32.0 Å². The summed E-state index contributed by atoms with van der Waals surface area (Å²) in [5, 5.41) is 2.76. The molecule has 1 aliphatic heterocycles. The van der Waals surface area contributed by atoms with E-state index >= 15 is 0 Å². The summed E-state index contributed by atoms with van der Waals surface area (Å²) in [6, 6.07) is 7.35. The van der Waals surface area contributed by atoms with E-state index in [0.29, 0.717) is 5.75 Å². The molecule has 0 radical (unpaired) electrons. The summed E-state index contributed by atoms with van der Waals surface area (Å²) in [6.07, 6.45) is -0.714. The molecule has 5 heteroatoms. The van der Waals surface area contributed by atoms with E-state index in [9.17, 15) is 9.59 Å². The van der Waals surface area contributed by atoms with Gasteiger partial charge in [0.2, 0.25) is 5.91 Å². The van der Waals surface area contributed by atoms with Crippen LogP contribution in [0.15, 0.2) is 24.3 Å². The Labute approximate surface area is 112 Å². The lowest BCUT2D eigenvalue weighted by molar-refractivity contribution is -0.132. The molecule has 1 heterocycles. The Morgan fingerprint density at radius 3 is 2.79 bits per heavy atom. The molecule has 102 valence electrons. The van der Waals surface area contributed by atoms with Crippen LogP contribution in [-0.4, -0.2) is 31.0 Å². The summed E-state index contributed by atoms with van der Waals surface area (Å²) in [5.41, 5.74) is 0.730. The molecule has 1 aromatic carbocycles. The van der Waals surface area contributed by atoms with Gasteiger partial charge in [0.25, 0.3) is 5.91 Å². The molecule has 5 nitrogen and oxygen atoms in total. The lowest BCUT2D eigenvalue weighted by Crippen LogP contribution is -2.46. The molecule has 0 aromatic heterocycles. The summed E-state index contributed by atoms with van der Waals surface area (Å²) >= 11 is 0. The third-order valence-corrected chi connectivity index (χ3v) is 2.92. The fourth-order valence-corrected chi connectivity index (χ4v) is 2.05. The van der Waals surface area contributed by atoms with Crippen LogP contribution in [0.5, 0.6) is 5.75 Å². The van der Waals surface area contributed by atoms with Crippen molar-refractivity contribution >= 4 is 17.5 Å². The number of rotatable bonds is 3. The number of nitrogens with one attached hydrogen (secondary N) is 1. The minimum atomic E-state index is -0.751. The molecule has 1 aliphatic rings. The fraction of sp³-hybridized carbons (Fsp3) is 0.429. The van der Waals surface area contributed by atoms with Gasteiger partial charge in [-0.15, -0.1) is 0 Å². The number of fused-ring (bicyclic) bond motifs is 1. The van der Waals surface area contributed by atoms with Crippen LogP contribution in [0.4, 0.5) is 5.69 Å². The first-order chi connectivity index (χ1) is 8.99. The van der Waals surface area contributed by atoms with Crippen LogP contribution in [0.2, 0.25) is 0 Å². The molecule has 2 rings (SSSR count). The first-order valence-electron chi connectivity index (χ1n) is 6.31. The van der Waals surface area contributed by atoms with Crippen molar-refractivity contribution in [2.75, 3.05) is 11.9 Å². The molecular weight excluding hydrogens is 244 g/mol. The van der Waals surface area contributed by atoms with Gasteiger partial charge in [-0.2, -0.15) is 0 Å². The number of carbonyl (C=O) groups excluding carboxylic acids is 2. The second-order valence-corrected chi connectivity index (χ2v) is 4.90. The Balaban J connectivity index is 2.13. The second kappa shape index (κ2) is 5.30. The Morgan fingerprint density at radius 2 is 2.11 bits per heavy atom. The lowest BCUT2D eigenvalue weighted by atomic mass is 10.1. The van der Waals surface area contributed by atoms with E-state index < -0.39 is 6.10 Å². The maximum atomic E-state index is 12.1. The molecule has 1 atom stereocenters. The van der Waals surface area contributed by atoms with Gasteiger partial charge in [-0.3, -0.25) is 9.59 Å². The molecule has 1 aromatic rings.